The van der Waals surface area contributed by atoms with Crippen LogP contribution in [-0.4, -0.2) is 24.5 Å². The molecule has 0 saturated heterocycles. The van der Waals surface area contributed by atoms with Gasteiger partial charge in [-0.1, -0.05) is 12.5 Å². The Morgan fingerprint density at radius 1 is 1.62 bits per heavy atom. The Balaban J connectivity index is 3.77. The normalized spacial score (nSPS) is 12.5. The molecule has 0 N–H and O–H groups in total. The lowest BCUT2D eigenvalue weighted by molar-refractivity contribution is 0.271. The highest BCUT2D eigenvalue weighted by atomic mass is 15.1. The average molecular weight is 180 g/mol. The molecule has 13 heavy (non-hydrogen) atoms. The zero-order valence-corrected chi connectivity index (χ0v) is 9.01. The topological polar surface area (TPSA) is 27.0 Å². The monoisotopic (exact) mass is 180 g/mol. The lowest BCUT2D eigenvalue weighted by atomic mass is 10.1. The molecule has 2 nitrogen and oxygen atoms in total. The highest BCUT2D eigenvalue weighted by Crippen LogP contribution is 2.02. The second-order valence-corrected chi connectivity index (χ2v) is 3.63. The third-order valence-corrected chi connectivity index (χ3v) is 2.05. The van der Waals surface area contributed by atoms with Gasteiger partial charge >= 0.3 is 0 Å². The van der Waals surface area contributed by atoms with Crippen molar-refractivity contribution < 1.29 is 0 Å². The largest absolute Gasteiger partial charge is 0.302 e. The molecule has 0 amide bonds. The van der Waals surface area contributed by atoms with Gasteiger partial charge in [0.1, 0.15) is 0 Å². The second kappa shape index (κ2) is 6.68. The molecule has 0 fully saturated rings. The Morgan fingerprint density at radius 2 is 2.23 bits per heavy atom. The van der Waals surface area contributed by atoms with Gasteiger partial charge in [0.15, 0.2) is 0 Å². The van der Waals surface area contributed by atoms with Crippen molar-refractivity contribution in [1.82, 2.24) is 4.90 Å². The maximum Gasteiger partial charge on any atom is 0.0666 e. The maximum absolute atomic E-state index is 8.66. The van der Waals surface area contributed by atoms with Crippen LogP contribution in [0.1, 0.15) is 27.2 Å². The minimum Gasteiger partial charge on any atom is -0.302 e. The van der Waals surface area contributed by atoms with Gasteiger partial charge in [0.25, 0.3) is 0 Å². The van der Waals surface area contributed by atoms with E-state index in [0.29, 0.717) is 0 Å². The highest BCUT2D eigenvalue weighted by molar-refractivity contribution is 4.89. The predicted molar refractivity (Wildman–Crippen MR) is 56.3 cm³/mol. The van der Waals surface area contributed by atoms with Crippen LogP contribution in [0, 0.1) is 17.2 Å². The van der Waals surface area contributed by atoms with Crippen LogP contribution in [0.3, 0.4) is 0 Å². The molecule has 0 aromatic heterocycles. The van der Waals surface area contributed by atoms with Gasteiger partial charge in [-0.15, -0.1) is 6.58 Å². The molecule has 0 bridgehead atoms. The summed E-state index contributed by atoms with van der Waals surface area (Å²) in [7, 11) is 0. The summed E-state index contributed by atoms with van der Waals surface area (Å²) in [6.07, 6.45) is 1.03. The lowest BCUT2D eigenvalue weighted by Gasteiger charge is -2.21. The van der Waals surface area contributed by atoms with Crippen LogP contribution in [0.4, 0.5) is 0 Å². The van der Waals surface area contributed by atoms with Crippen LogP contribution in [-0.2, 0) is 0 Å². The van der Waals surface area contributed by atoms with Crippen molar-refractivity contribution >= 4 is 0 Å². The van der Waals surface area contributed by atoms with Crippen molar-refractivity contribution in [3.05, 3.63) is 12.2 Å². The van der Waals surface area contributed by atoms with Gasteiger partial charge in [0.2, 0.25) is 0 Å². The van der Waals surface area contributed by atoms with Crippen LogP contribution in [0.25, 0.3) is 0 Å². The summed E-state index contributed by atoms with van der Waals surface area (Å²) >= 11 is 0. The van der Waals surface area contributed by atoms with Crippen molar-refractivity contribution in [1.29, 1.82) is 5.26 Å². The number of hydrogen-bond donors (Lipinski definition) is 0. The first-order chi connectivity index (χ1) is 6.10. The standard InChI is InChI=1S/C11H20N2/c1-5-13(7-6-10(2)3)9-11(4)8-12/h11H,2,5-7,9H2,1,3-4H3. The van der Waals surface area contributed by atoms with Gasteiger partial charge in [-0.3, -0.25) is 0 Å². The number of nitrogens with zero attached hydrogens (tertiary/aromatic N) is 2. The molecule has 1 atom stereocenters. The molecule has 0 aliphatic rings. The first kappa shape index (κ1) is 12.2. The zero-order chi connectivity index (χ0) is 10.3. The van der Waals surface area contributed by atoms with E-state index in [1.807, 2.05) is 13.8 Å². The van der Waals surface area contributed by atoms with Gasteiger partial charge < -0.3 is 4.90 Å². The van der Waals surface area contributed by atoms with E-state index in [9.17, 15) is 0 Å². The second-order valence-electron chi connectivity index (χ2n) is 3.63. The third-order valence-electron chi connectivity index (χ3n) is 2.05. The van der Waals surface area contributed by atoms with Crippen LogP contribution >= 0.6 is 0 Å². The Bertz CT molecular complexity index is 191. The first-order valence-electron chi connectivity index (χ1n) is 4.86. The van der Waals surface area contributed by atoms with Crippen molar-refractivity contribution in [2.75, 3.05) is 19.6 Å². The molecule has 0 radical (unpaired) electrons. The summed E-state index contributed by atoms with van der Waals surface area (Å²) in [6, 6.07) is 2.25. The van der Waals surface area contributed by atoms with Gasteiger partial charge in [0, 0.05) is 13.1 Å². The van der Waals surface area contributed by atoms with Crippen LogP contribution < -0.4 is 0 Å². The van der Waals surface area contributed by atoms with Crippen LogP contribution in [0.2, 0.25) is 0 Å². The van der Waals surface area contributed by atoms with Crippen molar-refractivity contribution in [2.45, 2.75) is 27.2 Å². The predicted octanol–water partition coefficient (Wildman–Crippen LogP) is 2.43. The molecule has 0 aliphatic carbocycles. The molecule has 1 unspecified atom stereocenters. The minimum atomic E-state index is 0.130. The summed E-state index contributed by atoms with van der Waals surface area (Å²) in [6.45, 7) is 12.9. The fourth-order valence-electron chi connectivity index (χ4n) is 1.16. The van der Waals surface area contributed by atoms with Crippen molar-refractivity contribution in [3.63, 3.8) is 0 Å². The smallest absolute Gasteiger partial charge is 0.0666 e. The quantitative estimate of drug-likeness (QED) is 0.587. The highest BCUT2D eigenvalue weighted by Gasteiger charge is 2.06. The van der Waals surface area contributed by atoms with Crippen LogP contribution in [0.15, 0.2) is 12.2 Å². The fourth-order valence-corrected chi connectivity index (χ4v) is 1.16. The Labute approximate surface area is 81.9 Å². The van der Waals surface area contributed by atoms with E-state index < -0.39 is 0 Å². The molecule has 0 rings (SSSR count). The van der Waals surface area contributed by atoms with E-state index in [2.05, 4.69) is 24.5 Å². The first-order valence-corrected chi connectivity index (χ1v) is 4.86. The molecule has 0 aromatic carbocycles. The zero-order valence-electron chi connectivity index (χ0n) is 9.01. The van der Waals surface area contributed by atoms with Gasteiger partial charge in [-0.05, 0) is 26.8 Å². The van der Waals surface area contributed by atoms with E-state index in [0.717, 1.165) is 26.1 Å². The third kappa shape index (κ3) is 6.36. The molecule has 74 valence electrons. The van der Waals surface area contributed by atoms with Crippen molar-refractivity contribution in [3.8, 4) is 6.07 Å². The Kier molecular flexibility index (Phi) is 6.26. The summed E-state index contributed by atoms with van der Waals surface area (Å²) in [5.41, 5.74) is 1.21. The number of nitriles is 1. The van der Waals surface area contributed by atoms with E-state index in [1.54, 1.807) is 0 Å². The van der Waals surface area contributed by atoms with Gasteiger partial charge in [0.05, 0.1) is 12.0 Å². The van der Waals surface area contributed by atoms with Gasteiger partial charge in [-0.2, -0.15) is 5.26 Å². The molecule has 0 heterocycles. The summed E-state index contributed by atoms with van der Waals surface area (Å²) in [4.78, 5) is 2.29. The fraction of sp³-hybridized carbons (Fsp3) is 0.727. The summed E-state index contributed by atoms with van der Waals surface area (Å²) < 4.78 is 0. The van der Waals surface area contributed by atoms with E-state index in [-0.39, 0.29) is 5.92 Å². The molecule has 0 aromatic rings. The maximum atomic E-state index is 8.66. The number of rotatable bonds is 6. The molecule has 2 heteroatoms. The number of hydrogen-bond acceptors (Lipinski definition) is 2. The molecule has 0 spiro atoms. The van der Waals surface area contributed by atoms with Crippen molar-refractivity contribution in [2.24, 2.45) is 5.92 Å². The Morgan fingerprint density at radius 3 is 2.62 bits per heavy atom. The average Bonchev–Trinajstić information content (AvgIpc) is 2.11. The Hall–Kier alpha value is -0.810. The molecular formula is C11H20N2. The molecule has 0 saturated carbocycles. The lowest BCUT2D eigenvalue weighted by Crippen LogP contribution is -2.29. The SMILES string of the molecule is C=C(C)CCN(CC)CC(C)C#N. The minimum absolute atomic E-state index is 0.130. The van der Waals surface area contributed by atoms with E-state index >= 15 is 0 Å². The van der Waals surface area contributed by atoms with Gasteiger partial charge in [-0.25, -0.2) is 0 Å². The van der Waals surface area contributed by atoms with E-state index in [1.165, 1.54) is 5.57 Å². The molecular weight excluding hydrogens is 160 g/mol. The molecule has 0 aliphatic heterocycles. The van der Waals surface area contributed by atoms with Crippen LogP contribution in [0.5, 0.6) is 0 Å². The summed E-state index contributed by atoms with van der Waals surface area (Å²) in [5, 5.41) is 8.66. The summed E-state index contributed by atoms with van der Waals surface area (Å²) in [5.74, 6) is 0.130. The van der Waals surface area contributed by atoms with E-state index in [4.69, 9.17) is 5.26 Å².